The third-order valence-electron chi connectivity index (χ3n) is 4.30. The van der Waals surface area contributed by atoms with E-state index in [-0.39, 0.29) is 30.7 Å². The first-order chi connectivity index (χ1) is 11.5. The molecule has 0 bridgehead atoms. The van der Waals surface area contributed by atoms with Crippen LogP contribution in [0.1, 0.15) is 18.5 Å². The lowest BCUT2D eigenvalue weighted by molar-refractivity contribution is -0.131. The van der Waals surface area contributed by atoms with Gasteiger partial charge in [0, 0.05) is 29.1 Å². The largest absolute Gasteiger partial charge is 0.342 e. The molecule has 1 aliphatic heterocycles. The third kappa shape index (κ3) is 5.72. The number of carbonyl (C=O) groups is 1. The Balaban J connectivity index is 0.00000169. The van der Waals surface area contributed by atoms with E-state index < -0.39 is 0 Å². The van der Waals surface area contributed by atoms with Crippen molar-refractivity contribution in [3.05, 3.63) is 39.3 Å². The summed E-state index contributed by atoms with van der Waals surface area (Å²) in [5.41, 5.74) is 1.63. The Bertz CT molecular complexity index is 735. The van der Waals surface area contributed by atoms with Crippen molar-refractivity contribution in [1.82, 2.24) is 15.2 Å². The number of hydrogen-bond acceptors (Lipinski definition) is 4. The van der Waals surface area contributed by atoms with Crippen molar-refractivity contribution in [2.75, 3.05) is 20.1 Å². The van der Waals surface area contributed by atoms with Gasteiger partial charge in [-0.25, -0.2) is 4.98 Å². The van der Waals surface area contributed by atoms with E-state index in [0.717, 1.165) is 42.2 Å². The molecule has 0 spiro atoms. The number of amides is 1. The second-order valence-corrected chi connectivity index (χ2v) is 7.63. The van der Waals surface area contributed by atoms with Gasteiger partial charge in [-0.15, -0.1) is 36.2 Å². The SMILES string of the molecule is CN(C(=O)Cc1csc(-c2ccc(Cl)cc2Cl)n1)C1CCNCC1.Cl.Cl. The number of hydrogen-bond donors (Lipinski definition) is 1. The van der Waals surface area contributed by atoms with Gasteiger partial charge >= 0.3 is 0 Å². The molecule has 0 aliphatic carbocycles. The van der Waals surface area contributed by atoms with Crippen LogP contribution >= 0.6 is 59.4 Å². The molecule has 3 rings (SSSR count). The molecular formula is C17H21Cl4N3OS. The second kappa shape index (κ2) is 10.7. The molecule has 1 N–H and O–H groups in total. The summed E-state index contributed by atoms with van der Waals surface area (Å²) in [6.45, 7) is 1.94. The molecule has 2 aromatic rings. The van der Waals surface area contributed by atoms with Crippen molar-refractivity contribution in [3.8, 4) is 10.6 Å². The fourth-order valence-corrected chi connectivity index (χ4v) is 4.26. The Kier molecular flexibility index (Phi) is 9.65. The monoisotopic (exact) mass is 455 g/mol. The molecule has 144 valence electrons. The van der Waals surface area contributed by atoms with Crippen molar-refractivity contribution in [1.29, 1.82) is 0 Å². The average Bonchev–Trinajstić information content (AvgIpc) is 3.03. The van der Waals surface area contributed by atoms with Crippen molar-refractivity contribution < 1.29 is 4.79 Å². The van der Waals surface area contributed by atoms with Crippen molar-refractivity contribution >= 4 is 65.3 Å². The van der Waals surface area contributed by atoms with E-state index in [1.54, 1.807) is 12.1 Å². The smallest absolute Gasteiger partial charge is 0.228 e. The molecule has 4 nitrogen and oxygen atoms in total. The summed E-state index contributed by atoms with van der Waals surface area (Å²) in [5.74, 6) is 0.112. The molecule has 1 fully saturated rings. The van der Waals surface area contributed by atoms with Crippen LogP contribution in [-0.4, -0.2) is 42.0 Å². The number of nitrogens with one attached hydrogen (secondary N) is 1. The molecule has 26 heavy (non-hydrogen) atoms. The van der Waals surface area contributed by atoms with Gasteiger partial charge in [-0.05, 0) is 44.1 Å². The second-order valence-electron chi connectivity index (χ2n) is 5.93. The number of nitrogens with zero attached hydrogens (tertiary/aromatic N) is 2. The third-order valence-corrected chi connectivity index (χ3v) is 5.77. The highest BCUT2D eigenvalue weighted by Gasteiger charge is 2.22. The minimum absolute atomic E-state index is 0. The number of piperidine rings is 1. The van der Waals surface area contributed by atoms with E-state index in [1.165, 1.54) is 11.3 Å². The van der Waals surface area contributed by atoms with Crippen LogP contribution < -0.4 is 5.32 Å². The molecule has 9 heteroatoms. The molecule has 2 heterocycles. The van der Waals surface area contributed by atoms with Gasteiger partial charge in [-0.2, -0.15) is 0 Å². The van der Waals surface area contributed by atoms with Crippen molar-refractivity contribution in [2.45, 2.75) is 25.3 Å². The Morgan fingerprint density at radius 3 is 2.65 bits per heavy atom. The summed E-state index contributed by atoms with van der Waals surface area (Å²) in [7, 11) is 1.89. The van der Waals surface area contributed by atoms with Crippen molar-refractivity contribution in [3.63, 3.8) is 0 Å². The van der Waals surface area contributed by atoms with Gasteiger partial charge in [0.05, 0.1) is 17.1 Å². The summed E-state index contributed by atoms with van der Waals surface area (Å²) in [4.78, 5) is 18.9. The summed E-state index contributed by atoms with van der Waals surface area (Å²) in [6, 6.07) is 5.67. The Morgan fingerprint density at radius 1 is 1.31 bits per heavy atom. The normalized spacial score (nSPS) is 14.3. The van der Waals surface area contributed by atoms with Gasteiger partial charge in [0.2, 0.25) is 5.91 Å². The number of carbonyl (C=O) groups excluding carboxylic acids is 1. The molecule has 1 amide bonds. The first kappa shape index (κ1) is 23.5. The van der Waals surface area contributed by atoms with E-state index >= 15 is 0 Å². The predicted molar refractivity (Wildman–Crippen MR) is 114 cm³/mol. The first-order valence-corrected chi connectivity index (χ1v) is 9.54. The zero-order chi connectivity index (χ0) is 17.1. The van der Waals surface area contributed by atoms with Crippen LogP contribution in [-0.2, 0) is 11.2 Å². The van der Waals surface area contributed by atoms with E-state index in [0.29, 0.717) is 22.5 Å². The summed E-state index contributed by atoms with van der Waals surface area (Å²) in [6.07, 6.45) is 2.33. The number of rotatable bonds is 4. The van der Waals surface area contributed by atoms with Gasteiger partial charge in [-0.3, -0.25) is 4.79 Å². The Labute approximate surface area is 180 Å². The molecule has 1 aliphatic rings. The van der Waals surface area contributed by atoms with Crippen LogP contribution in [0, 0.1) is 0 Å². The number of likely N-dealkylation sites (N-methyl/N-ethyl adjacent to an activating group) is 1. The standard InChI is InChI=1S/C17H19Cl2N3OS.2ClH/c1-22(13-4-6-20-7-5-13)16(23)9-12-10-24-17(21-12)14-3-2-11(18)8-15(14)19;;/h2-3,8,10,13,20H,4-7,9H2,1H3;2*1H. The highest BCUT2D eigenvalue weighted by molar-refractivity contribution is 7.13. The van der Waals surface area contributed by atoms with E-state index in [2.05, 4.69) is 10.3 Å². The van der Waals surface area contributed by atoms with Crippen LogP contribution in [0.4, 0.5) is 0 Å². The molecule has 1 aromatic carbocycles. The number of aromatic nitrogens is 1. The molecule has 0 saturated carbocycles. The van der Waals surface area contributed by atoms with Gasteiger partial charge in [0.1, 0.15) is 5.01 Å². The summed E-state index contributed by atoms with van der Waals surface area (Å²) < 4.78 is 0. The van der Waals surface area contributed by atoms with Gasteiger partial charge in [0.15, 0.2) is 0 Å². The first-order valence-electron chi connectivity index (χ1n) is 7.91. The van der Waals surface area contributed by atoms with Crippen LogP contribution in [0.15, 0.2) is 23.6 Å². The zero-order valence-corrected chi connectivity index (χ0v) is 18.2. The van der Waals surface area contributed by atoms with Gasteiger partial charge in [-0.1, -0.05) is 23.2 Å². The number of thiazole rings is 1. The Morgan fingerprint density at radius 2 is 2.00 bits per heavy atom. The molecule has 1 saturated heterocycles. The van der Waals surface area contributed by atoms with Crippen molar-refractivity contribution in [2.24, 2.45) is 0 Å². The lowest BCUT2D eigenvalue weighted by Crippen LogP contribution is -2.44. The topological polar surface area (TPSA) is 45.2 Å². The lowest BCUT2D eigenvalue weighted by atomic mass is 10.0. The van der Waals surface area contributed by atoms with Crippen LogP contribution in [0.25, 0.3) is 10.6 Å². The molecule has 0 radical (unpaired) electrons. The van der Waals surface area contributed by atoms with E-state index in [1.807, 2.05) is 23.4 Å². The van der Waals surface area contributed by atoms with E-state index in [4.69, 9.17) is 23.2 Å². The molecule has 0 atom stereocenters. The molecule has 0 unspecified atom stereocenters. The Hall–Kier alpha value is -0.560. The zero-order valence-electron chi connectivity index (χ0n) is 14.2. The maximum atomic E-state index is 12.5. The highest BCUT2D eigenvalue weighted by Crippen LogP contribution is 2.32. The maximum Gasteiger partial charge on any atom is 0.228 e. The fraction of sp³-hybridized carbons (Fsp3) is 0.412. The molecular weight excluding hydrogens is 436 g/mol. The quantitative estimate of drug-likeness (QED) is 0.724. The van der Waals surface area contributed by atoms with Crippen LogP contribution in [0.2, 0.25) is 10.0 Å². The maximum absolute atomic E-state index is 12.5. The van der Waals surface area contributed by atoms with Crippen LogP contribution in [0.3, 0.4) is 0 Å². The van der Waals surface area contributed by atoms with Gasteiger partial charge < -0.3 is 10.2 Å². The minimum atomic E-state index is 0. The van der Waals surface area contributed by atoms with Gasteiger partial charge in [0.25, 0.3) is 0 Å². The summed E-state index contributed by atoms with van der Waals surface area (Å²) in [5, 5.41) is 7.22. The summed E-state index contributed by atoms with van der Waals surface area (Å²) >= 11 is 13.7. The average molecular weight is 457 g/mol. The van der Waals surface area contributed by atoms with Crippen LogP contribution in [0.5, 0.6) is 0 Å². The lowest BCUT2D eigenvalue weighted by Gasteiger charge is -2.31. The highest BCUT2D eigenvalue weighted by atomic mass is 35.5. The minimum Gasteiger partial charge on any atom is -0.342 e. The fourth-order valence-electron chi connectivity index (χ4n) is 2.85. The predicted octanol–water partition coefficient (Wildman–Crippen LogP) is 4.71. The molecule has 1 aromatic heterocycles. The van der Waals surface area contributed by atoms with E-state index in [9.17, 15) is 4.79 Å². The number of benzene rings is 1. The number of halogens is 4.